The number of fused-ring (bicyclic) bond motifs is 1. The highest BCUT2D eigenvalue weighted by Crippen LogP contribution is 2.24. The maximum atomic E-state index is 12.8. The van der Waals surface area contributed by atoms with E-state index in [9.17, 15) is 13.2 Å². The van der Waals surface area contributed by atoms with Gasteiger partial charge in [-0.15, -0.1) is 0 Å². The molecule has 4 aromatic rings. The van der Waals surface area contributed by atoms with Crippen LogP contribution in [-0.4, -0.2) is 30.5 Å². The van der Waals surface area contributed by atoms with Crippen molar-refractivity contribution in [2.24, 2.45) is 0 Å². The molecule has 1 amide bonds. The van der Waals surface area contributed by atoms with Crippen LogP contribution in [0.15, 0.2) is 65.6 Å². The molecule has 1 heterocycles. The molecule has 0 aliphatic carbocycles. The molecule has 0 radical (unpaired) electrons. The molecule has 0 aliphatic rings. The highest BCUT2D eigenvalue weighted by molar-refractivity contribution is 7.90. The van der Waals surface area contributed by atoms with Gasteiger partial charge in [0.05, 0.1) is 15.9 Å². The minimum Gasteiger partial charge on any atom is -0.338 e. The van der Waals surface area contributed by atoms with Crippen LogP contribution in [0.1, 0.15) is 21.5 Å². The minimum absolute atomic E-state index is 0.135. The Kier molecular flexibility index (Phi) is 4.91. The average molecular weight is 420 g/mol. The number of aromatic nitrogens is 2. The van der Waals surface area contributed by atoms with Gasteiger partial charge in [0, 0.05) is 23.1 Å². The summed E-state index contributed by atoms with van der Waals surface area (Å²) in [6.45, 7) is 3.60. The number of H-pyrrole nitrogens is 1. The molecule has 0 fully saturated rings. The molecule has 1 aromatic heterocycles. The van der Waals surface area contributed by atoms with Gasteiger partial charge in [-0.3, -0.25) is 4.79 Å². The number of hydrogen-bond donors (Lipinski definition) is 2. The number of aromatic amines is 1. The Morgan fingerprint density at radius 2 is 1.70 bits per heavy atom. The van der Waals surface area contributed by atoms with Gasteiger partial charge in [0.15, 0.2) is 9.84 Å². The first kappa shape index (κ1) is 19.8. The second-order valence-electron chi connectivity index (χ2n) is 7.32. The molecular weight excluding hydrogens is 398 g/mol. The van der Waals surface area contributed by atoms with Crippen LogP contribution >= 0.6 is 0 Å². The van der Waals surface area contributed by atoms with Crippen LogP contribution in [0.2, 0.25) is 0 Å². The van der Waals surface area contributed by atoms with Crippen molar-refractivity contribution in [3.05, 3.63) is 77.4 Å². The topological polar surface area (TPSA) is 91.9 Å². The van der Waals surface area contributed by atoms with Gasteiger partial charge in [-0.25, -0.2) is 13.4 Å². The largest absolute Gasteiger partial charge is 0.338 e. The zero-order chi connectivity index (χ0) is 21.5. The smallest absolute Gasteiger partial charge is 0.255 e. The molecule has 7 heteroatoms. The van der Waals surface area contributed by atoms with Crippen molar-refractivity contribution in [3.63, 3.8) is 0 Å². The minimum atomic E-state index is -3.41. The second-order valence-corrected chi connectivity index (χ2v) is 9.33. The molecule has 6 nitrogen and oxygen atoms in total. The number of amides is 1. The molecule has 3 aromatic carbocycles. The summed E-state index contributed by atoms with van der Waals surface area (Å²) in [6.07, 6.45) is 1.13. The number of rotatable bonds is 4. The van der Waals surface area contributed by atoms with E-state index in [0.717, 1.165) is 39.8 Å². The molecule has 4 rings (SSSR count). The summed E-state index contributed by atoms with van der Waals surface area (Å²) in [7, 11) is -3.41. The van der Waals surface area contributed by atoms with E-state index < -0.39 is 9.84 Å². The van der Waals surface area contributed by atoms with E-state index in [2.05, 4.69) is 15.3 Å². The van der Waals surface area contributed by atoms with Crippen LogP contribution in [0.3, 0.4) is 0 Å². The number of para-hydroxylation sites is 2. The summed E-state index contributed by atoms with van der Waals surface area (Å²) >= 11 is 0. The number of sulfone groups is 1. The third kappa shape index (κ3) is 3.84. The van der Waals surface area contributed by atoms with Gasteiger partial charge in [0.2, 0.25) is 0 Å². The maximum absolute atomic E-state index is 12.8. The van der Waals surface area contributed by atoms with Crippen molar-refractivity contribution in [2.75, 3.05) is 11.6 Å². The van der Waals surface area contributed by atoms with Gasteiger partial charge in [-0.05, 0) is 73.5 Å². The average Bonchev–Trinajstić information content (AvgIpc) is 3.14. The predicted molar refractivity (Wildman–Crippen MR) is 119 cm³/mol. The van der Waals surface area contributed by atoms with E-state index in [1.807, 2.05) is 36.4 Å². The molecule has 0 spiro atoms. The summed E-state index contributed by atoms with van der Waals surface area (Å²) in [4.78, 5) is 20.8. The van der Waals surface area contributed by atoms with Gasteiger partial charge in [-0.1, -0.05) is 12.1 Å². The SMILES string of the molecule is Cc1cc(S(C)(=O)=O)cc(C(=O)Nc2ccc(-c3nc4ccccc4[nH]3)cc2)c1C. The Morgan fingerprint density at radius 3 is 2.37 bits per heavy atom. The number of imidazole rings is 1. The Morgan fingerprint density at radius 1 is 1.00 bits per heavy atom. The first-order chi connectivity index (χ1) is 14.2. The molecule has 0 saturated heterocycles. The Hall–Kier alpha value is -3.45. The fourth-order valence-corrected chi connectivity index (χ4v) is 4.00. The van der Waals surface area contributed by atoms with Crippen molar-refractivity contribution in [1.82, 2.24) is 9.97 Å². The van der Waals surface area contributed by atoms with Crippen LogP contribution in [0.25, 0.3) is 22.4 Å². The van der Waals surface area contributed by atoms with Crippen LogP contribution < -0.4 is 5.32 Å². The molecule has 0 aliphatic heterocycles. The normalized spacial score (nSPS) is 11.6. The van der Waals surface area contributed by atoms with E-state index in [1.165, 1.54) is 6.07 Å². The number of benzene rings is 3. The lowest BCUT2D eigenvalue weighted by Gasteiger charge is -2.12. The summed E-state index contributed by atoms with van der Waals surface area (Å²) in [5.41, 5.74) is 5.21. The van der Waals surface area contributed by atoms with E-state index in [-0.39, 0.29) is 10.8 Å². The van der Waals surface area contributed by atoms with Gasteiger partial charge in [0.25, 0.3) is 5.91 Å². The lowest BCUT2D eigenvalue weighted by atomic mass is 10.0. The molecule has 0 atom stereocenters. The first-order valence-corrected chi connectivity index (χ1v) is 11.3. The van der Waals surface area contributed by atoms with Crippen LogP contribution in [0, 0.1) is 13.8 Å². The van der Waals surface area contributed by atoms with E-state index in [4.69, 9.17) is 0 Å². The molecule has 152 valence electrons. The molecule has 0 bridgehead atoms. The summed E-state index contributed by atoms with van der Waals surface area (Å²) < 4.78 is 23.9. The van der Waals surface area contributed by atoms with Crippen molar-refractivity contribution >= 4 is 32.5 Å². The van der Waals surface area contributed by atoms with E-state index >= 15 is 0 Å². The van der Waals surface area contributed by atoms with Gasteiger partial charge in [-0.2, -0.15) is 0 Å². The van der Waals surface area contributed by atoms with Gasteiger partial charge in [0.1, 0.15) is 5.82 Å². The quantitative estimate of drug-likeness (QED) is 0.509. The fourth-order valence-electron chi connectivity index (χ4n) is 3.28. The Labute approximate surface area is 174 Å². The summed E-state index contributed by atoms with van der Waals surface area (Å²) in [5.74, 6) is 0.402. The van der Waals surface area contributed by atoms with E-state index in [1.54, 1.807) is 32.0 Å². The number of carbonyl (C=O) groups is 1. The molecule has 0 saturated carbocycles. The number of aryl methyl sites for hydroxylation is 1. The number of nitrogens with one attached hydrogen (secondary N) is 2. The zero-order valence-corrected chi connectivity index (χ0v) is 17.7. The molecule has 30 heavy (non-hydrogen) atoms. The van der Waals surface area contributed by atoms with Crippen molar-refractivity contribution in [1.29, 1.82) is 0 Å². The third-order valence-corrected chi connectivity index (χ3v) is 6.21. The zero-order valence-electron chi connectivity index (χ0n) is 16.9. The van der Waals surface area contributed by atoms with Crippen molar-refractivity contribution < 1.29 is 13.2 Å². The highest BCUT2D eigenvalue weighted by atomic mass is 32.2. The number of hydrogen-bond acceptors (Lipinski definition) is 4. The number of nitrogens with zero attached hydrogens (tertiary/aromatic N) is 1. The molecule has 2 N–H and O–H groups in total. The number of anilines is 1. The lowest BCUT2D eigenvalue weighted by Crippen LogP contribution is -2.15. The summed E-state index contributed by atoms with van der Waals surface area (Å²) in [5, 5.41) is 2.85. The standard InChI is InChI=1S/C23H21N3O3S/c1-14-12-18(30(3,28)29)13-19(15(14)2)23(27)24-17-10-8-16(9-11-17)22-25-20-6-4-5-7-21(20)26-22/h4-13H,1-3H3,(H,24,27)(H,25,26). The monoisotopic (exact) mass is 419 g/mol. The van der Waals surface area contributed by atoms with Crippen molar-refractivity contribution in [3.8, 4) is 11.4 Å². The Balaban J connectivity index is 1.59. The van der Waals surface area contributed by atoms with Crippen LogP contribution in [-0.2, 0) is 9.84 Å². The highest BCUT2D eigenvalue weighted by Gasteiger charge is 2.17. The van der Waals surface area contributed by atoms with Gasteiger partial charge < -0.3 is 10.3 Å². The fraction of sp³-hybridized carbons (Fsp3) is 0.130. The van der Waals surface area contributed by atoms with E-state index in [0.29, 0.717) is 11.3 Å². The van der Waals surface area contributed by atoms with Gasteiger partial charge >= 0.3 is 0 Å². The maximum Gasteiger partial charge on any atom is 0.255 e. The Bertz CT molecular complexity index is 1340. The summed E-state index contributed by atoms with van der Waals surface area (Å²) in [6, 6.07) is 18.1. The predicted octanol–water partition coefficient (Wildman–Crippen LogP) is 4.50. The van der Waals surface area contributed by atoms with Crippen LogP contribution in [0.5, 0.6) is 0 Å². The lowest BCUT2D eigenvalue weighted by molar-refractivity contribution is 0.102. The first-order valence-electron chi connectivity index (χ1n) is 9.40. The third-order valence-electron chi connectivity index (χ3n) is 5.12. The number of carbonyl (C=O) groups excluding carboxylic acids is 1. The molecule has 0 unspecified atom stereocenters. The second kappa shape index (κ2) is 7.42. The molecular formula is C23H21N3O3S. The van der Waals surface area contributed by atoms with Crippen LogP contribution in [0.4, 0.5) is 5.69 Å². The van der Waals surface area contributed by atoms with Crippen molar-refractivity contribution in [2.45, 2.75) is 18.7 Å².